The van der Waals surface area contributed by atoms with E-state index in [9.17, 15) is 4.79 Å². The second-order valence-corrected chi connectivity index (χ2v) is 9.13. The molecule has 9 heteroatoms. The van der Waals surface area contributed by atoms with Crippen LogP contribution in [-0.2, 0) is 17.8 Å². The molecule has 2 aliphatic heterocycles. The van der Waals surface area contributed by atoms with E-state index < -0.39 is 0 Å². The first-order valence-corrected chi connectivity index (χ1v) is 12.2. The molecule has 0 saturated carbocycles. The molecule has 2 aromatic carbocycles. The molecule has 2 aliphatic rings. The van der Waals surface area contributed by atoms with Crippen LogP contribution in [0.5, 0.6) is 0 Å². The lowest BCUT2D eigenvalue weighted by Crippen LogP contribution is -2.37. The molecule has 0 spiro atoms. The summed E-state index contributed by atoms with van der Waals surface area (Å²) in [7, 11) is 0. The third-order valence-electron chi connectivity index (χ3n) is 6.64. The van der Waals surface area contributed by atoms with Gasteiger partial charge in [-0.2, -0.15) is 5.10 Å². The van der Waals surface area contributed by atoms with Crippen LogP contribution in [0.1, 0.15) is 24.0 Å². The number of rotatable bonds is 5. The Morgan fingerprint density at radius 2 is 1.78 bits per heavy atom. The van der Waals surface area contributed by atoms with Crippen LogP contribution in [0.15, 0.2) is 67.1 Å². The quantitative estimate of drug-likeness (QED) is 0.386. The fraction of sp³-hybridized carbons (Fsp3) is 0.259. The molecule has 4 heterocycles. The van der Waals surface area contributed by atoms with Crippen molar-refractivity contribution in [3.05, 3.63) is 78.2 Å². The lowest BCUT2D eigenvalue weighted by atomic mass is 10.1. The Bertz CT molecular complexity index is 1350. The highest BCUT2D eigenvalue weighted by Crippen LogP contribution is 2.29. The lowest BCUT2D eigenvalue weighted by Gasteiger charge is -2.25. The highest BCUT2D eigenvalue weighted by molar-refractivity contribution is 5.70. The van der Waals surface area contributed by atoms with Gasteiger partial charge in [0.25, 0.3) is 0 Å². The van der Waals surface area contributed by atoms with E-state index in [1.165, 1.54) is 0 Å². The van der Waals surface area contributed by atoms with Gasteiger partial charge in [0, 0.05) is 42.3 Å². The van der Waals surface area contributed by atoms with E-state index >= 15 is 0 Å². The average Bonchev–Trinajstić information content (AvgIpc) is 3.60. The summed E-state index contributed by atoms with van der Waals surface area (Å²) in [4.78, 5) is 23.7. The van der Waals surface area contributed by atoms with E-state index in [0.717, 1.165) is 59.4 Å². The largest absolute Gasteiger partial charge is 0.446 e. The van der Waals surface area contributed by atoms with Gasteiger partial charge < -0.3 is 15.4 Å². The van der Waals surface area contributed by atoms with Gasteiger partial charge in [0.1, 0.15) is 11.9 Å². The zero-order valence-electron chi connectivity index (χ0n) is 19.8. The minimum atomic E-state index is -0.235. The molecule has 3 N–H and O–H groups in total. The van der Waals surface area contributed by atoms with Gasteiger partial charge in [-0.05, 0) is 66.9 Å². The van der Waals surface area contributed by atoms with E-state index in [2.05, 4.69) is 37.9 Å². The molecule has 9 nitrogen and oxygen atoms in total. The van der Waals surface area contributed by atoms with Crippen molar-refractivity contribution in [2.24, 2.45) is 0 Å². The predicted octanol–water partition coefficient (Wildman–Crippen LogP) is 4.48. The van der Waals surface area contributed by atoms with Crippen molar-refractivity contribution in [1.82, 2.24) is 30.4 Å². The molecule has 0 radical (unpaired) electrons. The monoisotopic (exact) mass is 481 g/mol. The number of aromatic nitrogens is 4. The second-order valence-electron chi connectivity index (χ2n) is 9.13. The zero-order valence-corrected chi connectivity index (χ0v) is 19.8. The summed E-state index contributed by atoms with van der Waals surface area (Å²) in [6, 6.07) is 16.1. The van der Waals surface area contributed by atoms with E-state index in [1.807, 2.05) is 42.6 Å². The van der Waals surface area contributed by atoms with Crippen LogP contribution in [0, 0.1) is 0 Å². The number of anilines is 2. The third kappa shape index (κ3) is 4.78. The summed E-state index contributed by atoms with van der Waals surface area (Å²) in [6.07, 6.45) is 6.92. The summed E-state index contributed by atoms with van der Waals surface area (Å²) in [5.74, 6) is 1.34. The normalized spacial score (nSPS) is 15.5. The minimum absolute atomic E-state index is 0.00326. The number of ether oxygens (including phenoxy) is 1. The molecule has 6 rings (SSSR count). The number of hydrogen-bond acceptors (Lipinski definition) is 7. The van der Waals surface area contributed by atoms with Gasteiger partial charge in [0.05, 0.1) is 6.20 Å². The lowest BCUT2D eigenvalue weighted by molar-refractivity contribution is 0.0482. The number of piperidine rings is 1. The average molecular weight is 482 g/mol. The van der Waals surface area contributed by atoms with Crippen molar-refractivity contribution in [1.29, 1.82) is 0 Å². The van der Waals surface area contributed by atoms with Crippen LogP contribution in [0.4, 0.5) is 16.3 Å². The molecule has 182 valence electrons. The SMILES string of the molecule is O=C(OC1CCNCC1)N1Cc2ccc(-c3nccc(Nc4ccc(-c5cn[nH]c5)cc4)n3)cc2C1. The maximum Gasteiger partial charge on any atom is 0.410 e. The number of benzene rings is 2. The summed E-state index contributed by atoms with van der Waals surface area (Å²) < 4.78 is 5.73. The summed E-state index contributed by atoms with van der Waals surface area (Å²) >= 11 is 0. The summed E-state index contributed by atoms with van der Waals surface area (Å²) in [5, 5.41) is 13.5. The zero-order chi connectivity index (χ0) is 24.3. The number of nitrogens with one attached hydrogen (secondary N) is 3. The topological polar surface area (TPSA) is 108 Å². The molecule has 1 saturated heterocycles. The highest BCUT2D eigenvalue weighted by atomic mass is 16.6. The Labute approximate surface area is 208 Å². The van der Waals surface area contributed by atoms with Gasteiger partial charge in [0.2, 0.25) is 0 Å². The fourth-order valence-electron chi connectivity index (χ4n) is 4.66. The van der Waals surface area contributed by atoms with Crippen molar-refractivity contribution in [3.8, 4) is 22.5 Å². The Hall–Kier alpha value is -4.24. The molecule has 1 amide bonds. The first-order chi connectivity index (χ1) is 17.7. The van der Waals surface area contributed by atoms with Gasteiger partial charge >= 0.3 is 6.09 Å². The number of carbonyl (C=O) groups is 1. The van der Waals surface area contributed by atoms with Gasteiger partial charge in [-0.3, -0.25) is 10.00 Å². The van der Waals surface area contributed by atoms with Crippen LogP contribution in [0.25, 0.3) is 22.5 Å². The number of carbonyl (C=O) groups excluding carboxylic acids is 1. The Balaban J connectivity index is 1.13. The van der Waals surface area contributed by atoms with Crippen molar-refractivity contribution in [3.63, 3.8) is 0 Å². The number of nitrogens with zero attached hydrogens (tertiary/aromatic N) is 4. The van der Waals surface area contributed by atoms with Crippen LogP contribution in [-0.4, -0.2) is 50.4 Å². The molecular formula is C27H27N7O2. The molecule has 0 aliphatic carbocycles. The first kappa shape index (κ1) is 22.2. The number of hydrogen-bond donors (Lipinski definition) is 3. The van der Waals surface area contributed by atoms with Crippen molar-refractivity contribution in [2.45, 2.75) is 32.0 Å². The number of aromatic amines is 1. The first-order valence-electron chi connectivity index (χ1n) is 12.2. The fourth-order valence-corrected chi connectivity index (χ4v) is 4.66. The van der Waals surface area contributed by atoms with Crippen LogP contribution < -0.4 is 10.6 Å². The van der Waals surface area contributed by atoms with E-state index in [-0.39, 0.29) is 12.2 Å². The maximum absolute atomic E-state index is 12.7. The van der Waals surface area contributed by atoms with E-state index in [1.54, 1.807) is 17.3 Å². The van der Waals surface area contributed by atoms with Crippen LogP contribution >= 0.6 is 0 Å². The summed E-state index contributed by atoms with van der Waals surface area (Å²) in [5.41, 5.74) is 6.22. The summed E-state index contributed by atoms with van der Waals surface area (Å²) in [6.45, 7) is 2.89. The van der Waals surface area contributed by atoms with E-state index in [0.29, 0.717) is 24.7 Å². The van der Waals surface area contributed by atoms with Gasteiger partial charge in [-0.1, -0.05) is 24.3 Å². The third-order valence-corrected chi connectivity index (χ3v) is 6.64. The van der Waals surface area contributed by atoms with Gasteiger partial charge in [-0.15, -0.1) is 0 Å². The van der Waals surface area contributed by atoms with Gasteiger partial charge in [0.15, 0.2) is 5.82 Å². The molecule has 2 aromatic heterocycles. The number of amides is 1. The van der Waals surface area contributed by atoms with E-state index in [4.69, 9.17) is 9.72 Å². The molecule has 0 bridgehead atoms. The van der Waals surface area contributed by atoms with Crippen molar-refractivity contribution < 1.29 is 9.53 Å². The molecule has 0 atom stereocenters. The Kier molecular flexibility index (Phi) is 6.05. The molecule has 36 heavy (non-hydrogen) atoms. The van der Waals surface area contributed by atoms with Crippen LogP contribution in [0.2, 0.25) is 0 Å². The smallest absolute Gasteiger partial charge is 0.410 e. The number of fused-ring (bicyclic) bond motifs is 1. The van der Waals surface area contributed by atoms with Crippen molar-refractivity contribution >= 4 is 17.6 Å². The second kappa shape index (κ2) is 9.79. The molecule has 1 fully saturated rings. The predicted molar refractivity (Wildman–Crippen MR) is 136 cm³/mol. The Morgan fingerprint density at radius 3 is 2.58 bits per heavy atom. The minimum Gasteiger partial charge on any atom is -0.446 e. The van der Waals surface area contributed by atoms with Crippen molar-refractivity contribution in [2.75, 3.05) is 18.4 Å². The standard InChI is InChI=1S/C27H27N7O2/c35-27(36-24-7-10-28-11-8-24)34-16-20-2-1-19(13-21(20)17-34)26-29-12-9-25(33-26)32-23-5-3-18(4-6-23)22-14-30-31-15-22/h1-6,9,12-15,24,28H,7-8,10-11,16-17H2,(H,30,31)(H,29,32,33). The molecular weight excluding hydrogens is 454 g/mol. The maximum atomic E-state index is 12.7. The molecule has 4 aromatic rings. The van der Waals surface area contributed by atoms with Gasteiger partial charge in [-0.25, -0.2) is 14.8 Å². The Morgan fingerprint density at radius 1 is 0.972 bits per heavy atom. The number of H-pyrrole nitrogens is 1. The highest BCUT2D eigenvalue weighted by Gasteiger charge is 2.27. The van der Waals surface area contributed by atoms with Crippen LogP contribution in [0.3, 0.4) is 0 Å². The molecule has 0 unspecified atom stereocenters.